The van der Waals surface area contributed by atoms with Crippen molar-refractivity contribution in [3.63, 3.8) is 0 Å². The Balaban J connectivity index is 1.55. The van der Waals surface area contributed by atoms with Crippen LogP contribution in [0.4, 0.5) is 0 Å². The van der Waals surface area contributed by atoms with Crippen molar-refractivity contribution >= 4 is 0 Å². The molecule has 0 saturated carbocycles. The Morgan fingerprint density at radius 3 is 2.50 bits per heavy atom. The van der Waals surface area contributed by atoms with Crippen LogP contribution in [0.1, 0.15) is 20.3 Å². The average molecular weight is 307 g/mol. The molecule has 2 atom stereocenters. The highest BCUT2D eigenvalue weighted by atomic mass is 16.5. The van der Waals surface area contributed by atoms with Crippen LogP contribution in [-0.4, -0.2) is 51.5 Å². The molecule has 124 valence electrons. The summed E-state index contributed by atoms with van der Waals surface area (Å²) >= 11 is 0. The predicted molar refractivity (Wildman–Crippen MR) is 88.7 cm³/mol. The Morgan fingerprint density at radius 2 is 1.77 bits per heavy atom. The highest BCUT2D eigenvalue weighted by Crippen LogP contribution is 2.20. The van der Waals surface area contributed by atoms with E-state index in [2.05, 4.69) is 18.7 Å². The van der Waals surface area contributed by atoms with Crippen molar-refractivity contribution in [2.24, 2.45) is 11.8 Å². The van der Waals surface area contributed by atoms with Crippen LogP contribution >= 0.6 is 0 Å². The van der Waals surface area contributed by atoms with Crippen molar-refractivity contribution in [3.8, 4) is 11.5 Å². The van der Waals surface area contributed by atoms with Gasteiger partial charge >= 0.3 is 0 Å². The maximum Gasteiger partial charge on any atom is 0.123 e. The van der Waals surface area contributed by atoms with Gasteiger partial charge < -0.3 is 19.1 Å². The van der Waals surface area contributed by atoms with Crippen molar-refractivity contribution < 1.29 is 14.2 Å². The fourth-order valence-corrected chi connectivity index (χ4v) is 3.18. The van der Waals surface area contributed by atoms with Gasteiger partial charge in [-0.2, -0.15) is 0 Å². The Kier molecular flexibility index (Phi) is 7.00. The molecule has 0 bridgehead atoms. The summed E-state index contributed by atoms with van der Waals surface area (Å²) in [6, 6.07) is 7.65. The lowest BCUT2D eigenvalue weighted by Gasteiger charge is -2.34. The summed E-state index contributed by atoms with van der Waals surface area (Å²) in [5, 5.41) is 0. The SMILES string of the molecule is COc1cccc(OCCOCCN2C[C@@H](C)C[C@H](C)C2)c1. The molecule has 1 aromatic rings. The van der Waals surface area contributed by atoms with E-state index in [9.17, 15) is 0 Å². The van der Waals surface area contributed by atoms with Crippen LogP contribution in [0, 0.1) is 11.8 Å². The van der Waals surface area contributed by atoms with Crippen LogP contribution in [0.25, 0.3) is 0 Å². The van der Waals surface area contributed by atoms with Crippen molar-refractivity contribution in [2.75, 3.05) is 46.6 Å². The molecule has 0 unspecified atom stereocenters. The summed E-state index contributed by atoms with van der Waals surface area (Å²) in [6.45, 7) is 10.1. The molecule has 0 amide bonds. The number of ether oxygens (including phenoxy) is 3. The number of nitrogens with zero attached hydrogens (tertiary/aromatic N) is 1. The van der Waals surface area contributed by atoms with Crippen LogP contribution in [-0.2, 0) is 4.74 Å². The minimum atomic E-state index is 0.569. The summed E-state index contributed by atoms with van der Waals surface area (Å²) in [4.78, 5) is 2.52. The van der Waals surface area contributed by atoms with Crippen LogP contribution in [0.2, 0.25) is 0 Å². The zero-order valence-corrected chi connectivity index (χ0v) is 14.1. The van der Waals surface area contributed by atoms with Crippen molar-refractivity contribution in [2.45, 2.75) is 20.3 Å². The highest BCUT2D eigenvalue weighted by molar-refractivity contribution is 5.32. The second-order valence-electron chi connectivity index (χ2n) is 6.35. The third-order valence-corrected chi connectivity index (χ3v) is 4.03. The molecule has 1 heterocycles. The Bertz CT molecular complexity index is 428. The van der Waals surface area contributed by atoms with Gasteiger partial charge in [-0.3, -0.25) is 0 Å². The fraction of sp³-hybridized carbons (Fsp3) is 0.667. The Morgan fingerprint density at radius 1 is 1.05 bits per heavy atom. The maximum atomic E-state index is 5.69. The van der Waals surface area contributed by atoms with E-state index < -0.39 is 0 Å². The van der Waals surface area contributed by atoms with E-state index in [1.165, 1.54) is 19.5 Å². The Labute approximate surface area is 134 Å². The number of likely N-dealkylation sites (tertiary alicyclic amines) is 1. The van der Waals surface area contributed by atoms with Gasteiger partial charge in [0, 0.05) is 25.7 Å². The first-order valence-corrected chi connectivity index (χ1v) is 8.24. The summed E-state index contributed by atoms with van der Waals surface area (Å²) in [7, 11) is 1.66. The molecule has 1 fully saturated rings. The van der Waals surface area contributed by atoms with Crippen molar-refractivity contribution in [1.82, 2.24) is 4.90 Å². The minimum Gasteiger partial charge on any atom is -0.497 e. The molecular formula is C18H29NO3. The Hall–Kier alpha value is -1.26. The van der Waals surface area contributed by atoms with Gasteiger partial charge in [0.1, 0.15) is 18.1 Å². The van der Waals surface area contributed by atoms with E-state index in [4.69, 9.17) is 14.2 Å². The topological polar surface area (TPSA) is 30.9 Å². The van der Waals surface area contributed by atoms with E-state index in [-0.39, 0.29) is 0 Å². The van der Waals surface area contributed by atoms with Crippen LogP contribution in [0.15, 0.2) is 24.3 Å². The summed E-state index contributed by atoms with van der Waals surface area (Å²) in [5.41, 5.74) is 0. The number of methoxy groups -OCH3 is 1. The predicted octanol–water partition coefficient (Wildman–Crippen LogP) is 3.07. The molecule has 4 nitrogen and oxygen atoms in total. The van der Waals surface area contributed by atoms with Gasteiger partial charge in [-0.1, -0.05) is 19.9 Å². The first-order valence-electron chi connectivity index (χ1n) is 8.24. The number of benzene rings is 1. The number of hydrogen-bond acceptors (Lipinski definition) is 4. The quantitative estimate of drug-likeness (QED) is 0.691. The van der Waals surface area contributed by atoms with Crippen molar-refractivity contribution in [1.29, 1.82) is 0 Å². The zero-order chi connectivity index (χ0) is 15.8. The van der Waals surface area contributed by atoms with E-state index in [1.54, 1.807) is 7.11 Å². The lowest BCUT2D eigenvalue weighted by atomic mass is 9.92. The number of hydrogen-bond donors (Lipinski definition) is 0. The zero-order valence-electron chi connectivity index (χ0n) is 14.1. The van der Waals surface area contributed by atoms with Crippen LogP contribution in [0.3, 0.4) is 0 Å². The maximum absolute atomic E-state index is 5.69. The molecule has 0 aliphatic carbocycles. The van der Waals surface area contributed by atoms with E-state index in [1.807, 2.05) is 24.3 Å². The number of piperidine rings is 1. The molecule has 0 N–H and O–H groups in total. The minimum absolute atomic E-state index is 0.569. The van der Waals surface area contributed by atoms with Gasteiger partial charge in [-0.25, -0.2) is 0 Å². The molecule has 2 rings (SSSR count). The molecular weight excluding hydrogens is 278 g/mol. The van der Waals surface area contributed by atoms with E-state index in [0.717, 1.165) is 36.5 Å². The largest absolute Gasteiger partial charge is 0.497 e. The van der Waals surface area contributed by atoms with Gasteiger partial charge in [-0.05, 0) is 30.4 Å². The molecule has 22 heavy (non-hydrogen) atoms. The lowest BCUT2D eigenvalue weighted by Crippen LogP contribution is -2.40. The summed E-state index contributed by atoms with van der Waals surface area (Å²) in [5.74, 6) is 3.24. The average Bonchev–Trinajstić information content (AvgIpc) is 2.50. The van der Waals surface area contributed by atoms with E-state index >= 15 is 0 Å². The third-order valence-electron chi connectivity index (χ3n) is 4.03. The van der Waals surface area contributed by atoms with Gasteiger partial charge in [0.2, 0.25) is 0 Å². The lowest BCUT2D eigenvalue weighted by molar-refractivity contribution is 0.0595. The first-order chi connectivity index (χ1) is 10.7. The monoisotopic (exact) mass is 307 g/mol. The first kappa shape index (κ1) is 17.1. The second kappa shape index (κ2) is 9.01. The van der Waals surface area contributed by atoms with Crippen molar-refractivity contribution in [3.05, 3.63) is 24.3 Å². The fourth-order valence-electron chi connectivity index (χ4n) is 3.18. The van der Waals surface area contributed by atoms with Crippen LogP contribution in [0.5, 0.6) is 11.5 Å². The molecule has 1 aliphatic rings. The molecule has 1 aliphatic heterocycles. The molecule has 0 aromatic heterocycles. The smallest absolute Gasteiger partial charge is 0.123 e. The molecule has 1 saturated heterocycles. The third kappa shape index (κ3) is 5.85. The summed E-state index contributed by atoms with van der Waals surface area (Å²) < 4.78 is 16.5. The van der Waals surface area contributed by atoms with Gasteiger partial charge in [-0.15, -0.1) is 0 Å². The van der Waals surface area contributed by atoms with Crippen LogP contribution < -0.4 is 9.47 Å². The van der Waals surface area contributed by atoms with Gasteiger partial charge in [0.05, 0.1) is 20.3 Å². The van der Waals surface area contributed by atoms with Gasteiger partial charge in [0.15, 0.2) is 0 Å². The molecule has 0 radical (unpaired) electrons. The highest BCUT2D eigenvalue weighted by Gasteiger charge is 2.21. The molecule has 0 spiro atoms. The summed E-state index contributed by atoms with van der Waals surface area (Å²) in [6.07, 6.45) is 1.35. The molecule has 4 heteroatoms. The van der Waals surface area contributed by atoms with E-state index in [0.29, 0.717) is 13.2 Å². The molecule has 1 aromatic carbocycles. The number of rotatable bonds is 8. The van der Waals surface area contributed by atoms with Gasteiger partial charge in [0.25, 0.3) is 0 Å². The standard InChI is InChI=1S/C18H29NO3/c1-15-11-16(2)14-19(13-15)7-8-21-9-10-22-18-6-4-5-17(12-18)20-3/h4-6,12,15-16H,7-11,13-14H2,1-3H3/t15-,16-/m0/s1. The normalized spacial score (nSPS) is 22.5. The second-order valence-corrected chi connectivity index (χ2v) is 6.35.